The van der Waals surface area contributed by atoms with Gasteiger partial charge in [0, 0.05) is 11.5 Å². The predicted molar refractivity (Wildman–Crippen MR) is 146 cm³/mol. The maximum atomic E-state index is 6.04. The van der Waals surface area contributed by atoms with Gasteiger partial charge in [-0.15, -0.1) is 0 Å². The average molecular weight is 464 g/mol. The molecular weight excluding hydrogens is 418 g/mol. The Morgan fingerprint density at radius 1 is 0.559 bits per heavy atom. The lowest BCUT2D eigenvalue weighted by molar-refractivity contribution is 0.294. The summed E-state index contributed by atoms with van der Waals surface area (Å²) in [6.45, 7) is 6.07. The van der Waals surface area contributed by atoms with E-state index in [9.17, 15) is 0 Å². The molecule has 0 atom stereocenters. The van der Waals surface area contributed by atoms with Gasteiger partial charge in [-0.2, -0.15) is 0 Å². The van der Waals surface area contributed by atoms with Crippen LogP contribution in [-0.4, -0.2) is 18.2 Å². The zero-order valence-electron chi connectivity index (χ0n) is 21.6. The van der Waals surface area contributed by atoms with Crippen molar-refractivity contribution in [2.24, 2.45) is 0 Å². The zero-order valence-corrected chi connectivity index (χ0v) is 21.6. The number of rotatable bonds is 18. The van der Waals surface area contributed by atoms with Gasteiger partial charge in [-0.3, -0.25) is 0 Å². The number of unbranched alkanes of at least 4 members (excludes halogenated alkanes) is 12. The van der Waals surface area contributed by atoms with Crippen LogP contribution in [0.2, 0.25) is 0 Å². The van der Waals surface area contributed by atoms with Crippen molar-refractivity contribution in [3.63, 3.8) is 0 Å². The molecule has 3 nitrogen and oxygen atoms in total. The van der Waals surface area contributed by atoms with Crippen LogP contribution in [-0.2, 0) is 0 Å². The number of hydrogen-bond donors (Lipinski definition) is 0. The van der Waals surface area contributed by atoms with Crippen LogP contribution in [0, 0.1) is 0 Å². The van der Waals surface area contributed by atoms with E-state index in [4.69, 9.17) is 14.5 Å². The number of nitrogens with zero attached hydrogens (tertiary/aromatic N) is 1. The fourth-order valence-electron chi connectivity index (χ4n) is 4.56. The molecule has 0 spiro atoms. The maximum Gasteiger partial charge on any atom is 0.213 e. The second-order valence-corrected chi connectivity index (χ2v) is 9.60. The van der Waals surface area contributed by atoms with Gasteiger partial charge in [0.25, 0.3) is 0 Å². The molecule has 0 aliphatic carbocycles. The first-order valence-electron chi connectivity index (χ1n) is 13.9. The SMILES string of the molecule is CCCCCCCCCCOc1ccc2c(ccc3nc(OCCCCCCCC)ccc32)c1. The number of benzene rings is 2. The normalized spacial score (nSPS) is 11.4. The van der Waals surface area contributed by atoms with Gasteiger partial charge in [0.05, 0.1) is 18.7 Å². The minimum atomic E-state index is 0.728. The van der Waals surface area contributed by atoms with E-state index in [1.807, 2.05) is 6.07 Å². The molecule has 0 fully saturated rings. The molecule has 0 saturated heterocycles. The number of aromatic nitrogens is 1. The molecule has 3 aromatic rings. The zero-order chi connectivity index (χ0) is 23.8. The van der Waals surface area contributed by atoms with Gasteiger partial charge in [-0.1, -0.05) is 103 Å². The molecule has 0 unspecified atom stereocenters. The van der Waals surface area contributed by atoms with Gasteiger partial charge in [-0.25, -0.2) is 4.98 Å². The minimum absolute atomic E-state index is 0.728. The average Bonchev–Trinajstić information content (AvgIpc) is 2.87. The highest BCUT2D eigenvalue weighted by Crippen LogP contribution is 2.29. The van der Waals surface area contributed by atoms with Crippen LogP contribution in [0.5, 0.6) is 11.6 Å². The van der Waals surface area contributed by atoms with Crippen LogP contribution in [0.3, 0.4) is 0 Å². The summed E-state index contributed by atoms with van der Waals surface area (Å²) in [4.78, 5) is 4.74. The van der Waals surface area contributed by atoms with Crippen molar-refractivity contribution in [2.75, 3.05) is 13.2 Å². The third kappa shape index (κ3) is 8.81. The fourth-order valence-corrected chi connectivity index (χ4v) is 4.56. The van der Waals surface area contributed by atoms with Crippen molar-refractivity contribution >= 4 is 21.7 Å². The fraction of sp³-hybridized carbons (Fsp3) is 0.581. The molecule has 2 aromatic carbocycles. The highest BCUT2D eigenvalue weighted by Gasteiger charge is 2.06. The minimum Gasteiger partial charge on any atom is -0.494 e. The van der Waals surface area contributed by atoms with Gasteiger partial charge in [0.1, 0.15) is 5.75 Å². The molecule has 0 N–H and O–H groups in total. The van der Waals surface area contributed by atoms with Crippen molar-refractivity contribution in [2.45, 2.75) is 104 Å². The third-order valence-electron chi connectivity index (χ3n) is 6.65. The largest absolute Gasteiger partial charge is 0.494 e. The molecule has 3 rings (SSSR count). The lowest BCUT2D eigenvalue weighted by Crippen LogP contribution is -1.99. The Hall–Kier alpha value is -2.29. The molecule has 0 radical (unpaired) electrons. The van der Waals surface area contributed by atoms with Gasteiger partial charge in [-0.05, 0) is 47.9 Å². The maximum absolute atomic E-state index is 6.04. The molecular formula is C31H45NO2. The lowest BCUT2D eigenvalue weighted by atomic mass is 10.0. The van der Waals surface area contributed by atoms with Gasteiger partial charge < -0.3 is 9.47 Å². The summed E-state index contributed by atoms with van der Waals surface area (Å²) in [5.74, 6) is 1.69. The molecule has 0 saturated carbocycles. The Morgan fingerprint density at radius 2 is 1.15 bits per heavy atom. The van der Waals surface area contributed by atoms with E-state index >= 15 is 0 Å². The van der Waals surface area contributed by atoms with Crippen molar-refractivity contribution in [3.8, 4) is 11.6 Å². The van der Waals surface area contributed by atoms with E-state index in [1.165, 1.54) is 93.2 Å². The molecule has 1 heterocycles. The number of hydrogen-bond acceptors (Lipinski definition) is 3. The summed E-state index contributed by atoms with van der Waals surface area (Å²) in [6, 6.07) is 14.8. The molecule has 0 bridgehead atoms. The quantitative estimate of drug-likeness (QED) is 0.139. The standard InChI is InChI=1S/C31H45NO2/c1-3-5-7-9-11-12-14-15-23-33-27-18-19-28-26(25-27)17-21-30-29(28)20-22-31(32-30)34-24-16-13-10-8-6-4-2/h17-22,25H,3-16,23-24H2,1-2H3. The predicted octanol–water partition coefficient (Wildman–Crippen LogP) is 9.65. The molecule has 0 aliphatic rings. The van der Waals surface area contributed by atoms with E-state index in [0.29, 0.717) is 0 Å². The highest BCUT2D eigenvalue weighted by atomic mass is 16.5. The summed E-state index contributed by atoms with van der Waals surface area (Å²) in [7, 11) is 0. The highest BCUT2D eigenvalue weighted by molar-refractivity contribution is 6.06. The van der Waals surface area contributed by atoms with Crippen LogP contribution in [0.1, 0.15) is 104 Å². The Balaban J connectivity index is 1.45. The second kappa shape index (κ2) is 15.6. The van der Waals surface area contributed by atoms with Crippen LogP contribution in [0.25, 0.3) is 21.7 Å². The molecule has 0 aliphatic heterocycles. The first-order chi connectivity index (χ1) is 16.8. The summed E-state index contributed by atoms with van der Waals surface area (Å²) < 4.78 is 12.0. The Labute approximate surface area is 207 Å². The first kappa shape index (κ1) is 26.3. The number of fused-ring (bicyclic) bond motifs is 3. The van der Waals surface area contributed by atoms with E-state index < -0.39 is 0 Å². The Bertz CT molecular complexity index is 968. The lowest BCUT2D eigenvalue weighted by Gasteiger charge is -2.10. The summed E-state index contributed by atoms with van der Waals surface area (Å²) in [5.41, 5.74) is 0.987. The molecule has 34 heavy (non-hydrogen) atoms. The van der Waals surface area contributed by atoms with E-state index in [0.717, 1.165) is 43.2 Å². The monoisotopic (exact) mass is 463 g/mol. The van der Waals surface area contributed by atoms with E-state index in [-0.39, 0.29) is 0 Å². The topological polar surface area (TPSA) is 31.4 Å². The Morgan fingerprint density at radius 3 is 1.82 bits per heavy atom. The van der Waals surface area contributed by atoms with Crippen molar-refractivity contribution in [3.05, 3.63) is 42.5 Å². The first-order valence-corrected chi connectivity index (χ1v) is 13.9. The summed E-state index contributed by atoms with van der Waals surface area (Å²) >= 11 is 0. The summed E-state index contributed by atoms with van der Waals surface area (Å²) in [5, 5.41) is 3.58. The molecule has 186 valence electrons. The second-order valence-electron chi connectivity index (χ2n) is 9.60. The molecule has 3 heteroatoms. The van der Waals surface area contributed by atoms with Crippen molar-refractivity contribution in [1.29, 1.82) is 0 Å². The number of pyridine rings is 1. The van der Waals surface area contributed by atoms with Crippen molar-refractivity contribution < 1.29 is 9.47 Å². The van der Waals surface area contributed by atoms with E-state index in [1.54, 1.807) is 0 Å². The van der Waals surface area contributed by atoms with Crippen LogP contribution in [0.15, 0.2) is 42.5 Å². The van der Waals surface area contributed by atoms with Gasteiger partial charge in [0.15, 0.2) is 0 Å². The van der Waals surface area contributed by atoms with Gasteiger partial charge in [0.2, 0.25) is 5.88 Å². The van der Waals surface area contributed by atoms with Crippen LogP contribution in [0.4, 0.5) is 0 Å². The van der Waals surface area contributed by atoms with Gasteiger partial charge >= 0.3 is 0 Å². The van der Waals surface area contributed by atoms with Crippen LogP contribution < -0.4 is 9.47 Å². The molecule has 1 aromatic heterocycles. The van der Waals surface area contributed by atoms with Crippen molar-refractivity contribution in [1.82, 2.24) is 4.98 Å². The smallest absolute Gasteiger partial charge is 0.213 e. The Kier molecular flexibility index (Phi) is 12.1. The van der Waals surface area contributed by atoms with Crippen LogP contribution >= 0.6 is 0 Å². The molecule has 0 amide bonds. The number of ether oxygens (including phenoxy) is 2. The third-order valence-corrected chi connectivity index (χ3v) is 6.65. The van der Waals surface area contributed by atoms with E-state index in [2.05, 4.69) is 50.2 Å². The summed E-state index contributed by atoms with van der Waals surface area (Å²) in [6.07, 6.45) is 18.2.